The Bertz CT molecular complexity index is 2830. The van der Waals surface area contributed by atoms with E-state index >= 15 is 0 Å². The maximum atomic E-state index is 13.5. The number of hydrogen-bond acceptors (Lipinski definition) is 35. The van der Waals surface area contributed by atoms with E-state index in [2.05, 4.69) is 29.8 Å². The topological polar surface area (TPSA) is 620 Å². The van der Waals surface area contributed by atoms with Crippen molar-refractivity contribution in [2.24, 2.45) is 0 Å². The number of aliphatic carboxylic acids is 1. The molecule has 6 aliphatic heterocycles. The number of carbonyl (C=O) groups excluding carboxylic acids is 3. The van der Waals surface area contributed by atoms with Gasteiger partial charge in [-0.15, -0.1) is 0 Å². The van der Waals surface area contributed by atoms with Crippen molar-refractivity contribution in [3.05, 3.63) is 12.2 Å². The van der Waals surface area contributed by atoms with Gasteiger partial charge in [0.1, 0.15) is 140 Å². The van der Waals surface area contributed by atoms with Crippen LogP contribution < -0.4 is 16.0 Å². The van der Waals surface area contributed by atoms with Gasteiger partial charge in [0.25, 0.3) is 5.79 Å². The molecule has 0 bridgehead atoms. The van der Waals surface area contributed by atoms with E-state index in [0.717, 1.165) is 65.2 Å². The van der Waals surface area contributed by atoms with Crippen LogP contribution in [0, 0.1) is 0 Å². The summed E-state index contributed by atoms with van der Waals surface area (Å²) in [5.41, 5.74) is 0. The third-order valence-corrected chi connectivity index (χ3v) is 22.7. The summed E-state index contributed by atoms with van der Waals surface area (Å²) in [4.78, 5) is 51.7. The molecule has 0 aliphatic carbocycles. The van der Waals surface area contributed by atoms with Gasteiger partial charge in [-0.05, 0) is 19.3 Å². The second-order valence-electron chi connectivity index (χ2n) is 32.1. The summed E-state index contributed by atoms with van der Waals surface area (Å²) in [5.74, 6) is -7.14. The smallest absolute Gasteiger partial charge is 0.364 e. The van der Waals surface area contributed by atoms with Gasteiger partial charge in [-0.25, -0.2) is 4.79 Å². The van der Waals surface area contributed by atoms with E-state index in [4.69, 9.17) is 56.8 Å². The molecule has 39 heteroatoms. The van der Waals surface area contributed by atoms with Crippen LogP contribution in [-0.2, 0) is 76.0 Å². The molecule has 33 atom stereocenters. The van der Waals surface area contributed by atoms with Gasteiger partial charge >= 0.3 is 5.97 Å². The van der Waals surface area contributed by atoms with Crippen molar-refractivity contribution in [1.29, 1.82) is 0 Å². The lowest BCUT2D eigenvalue weighted by Gasteiger charge is -2.50. The first-order chi connectivity index (χ1) is 56.5. The van der Waals surface area contributed by atoms with Crippen LogP contribution in [0.2, 0.25) is 0 Å². The lowest BCUT2D eigenvalue weighted by Crippen LogP contribution is -2.70. The van der Waals surface area contributed by atoms with Crippen molar-refractivity contribution in [2.45, 2.75) is 416 Å². The summed E-state index contributed by atoms with van der Waals surface area (Å²) < 4.78 is 70.4. The van der Waals surface area contributed by atoms with Gasteiger partial charge in [0, 0.05) is 26.7 Å². The molecule has 688 valence electrons. The fourth-order valence-electron chi connectivity index (χ4n) is 15.7. The molecule has 0 aromatic carbocycles. The predicted molar refractivity (Wildman–Crippen MR) is 411 cm³/mol. The number of unbranched alkanes of at least 4 members (excludes halogenated alkanes) is 25. The molecule has 0 spiro atoms. The highest BCUT2D eigenvalue weighted by atomic mass is 16.8. The number of carboxylic acids is 1. The second-order valence-corrected chi connectivity index (χ2v) is 32.1. The minimum Gasteiger partial charge on any atom is -0.477 e. The predicted octanol–water partition coefficient (Wildman–Crippen LogP) is -3.22. The first-order valence-electron chi connectivity index (χ1n) is 42.6. The molecule has 6 aliphatic rings. The number of aliphatic hydroxyl groups excluding tert-OH is 19. The van der Waals surface area contributed by atoms with Crippen LogP contribution >= 0.6 is 0 Å². The van der Waals surface area contributed by atoms with Crippen LogP contribution in [0.3, 0.4) is 0 Å². The fraction of sp³-hybridized carbons (Fsp3) is 0.924. The van der Waals surface area contributed by atoms with Gasteiger partial charge in [0.15, 0.2) is 31.5 Å². The molecule has 0 radical (unpaired) electrons. The molecule has 39 nitrogen and oxygen atoms in total. The van der Waals surface area contributed by atoms with Crippen molar-refractivity contribution in [3.8, 4) is 0 Å². The van der Waals surface area contributed by atoms with Crippen LogP contribution in [0.4, 0.5) is 0 Å². The molecular formula is C79H141N3O36. The Kier molecular flexibility index (Phi) is 46.9. The van der Waals surface area contributed by atoms with Crippen LogP contribution in [0.15, 0.2) is 12.2 Å². The summed E-state index contributed by atoms with van der Waals surface area (Å²) in [6.07, 6.45) is -25.9. The van der Waals surface area contributed by atoms with Gasteiger partial charge in [-0.3, -0.25) is 14.4 Å². The highest BCUT2D eigenvalue weighted by Crippen LogP contribution is 2.39. The molecule has 23 N–H and O–H groups in total. The van der Waals surface area contributed by atoms with Crippen molar-refractivity contribution < 1.29 is 178 Å². The van der Waals surface area contributed by atoms with Gasteiger partial charge in [-0.2, -0.15) is 0 Å². The average Bonchev–Trinajstić information content (AvgIpc) is 0.768. The first kappa shape index (κ1) is 103. The SMILES string of the molecule is CCCCCCCCCCCCC/C=C/[C@@H](O)[C@H](CO[C@@H]1OC(CO)[C@@H](O[C@@H]2OC(CO)[C@H](O)[C@H](O[C@H]3OC(CO)[C@H](O)[C@H](O[C@@H]4OC(CO)[C@H](O)[C@H](O[C@@H]5OC(CO[C@]6(C(=O)O)CC(O)[C@@H](NC(C)=O)C([C@H](O)[C@H](O)CO)O6)[C@H](O)[C@H](O)C5O)C4NC(C)=O)C3O)C2O)[C@H](O)C1O)NC(=O)CCCCCCCCCCCCCCCCC. The first-order valence-corrected chi connectivity index (χ1v) is 42.6. The summed E-state index contributed by atoms with van der Waals surface area (Å²) in [6, 6.07) is -4.64. The van der Waals surface area contributed by atoms with E-state index in [0.29, 0.717) is 12.8 Å². The number of allylic oxidation sites excluding steroid dienone is 1. The van der Waals surface area contributed by atoms with Gasteiger partial charge in [0.2, 0.25) is 17.7 Å². The number of hydrogen-bond donors (Lipinski definition) is 23. The zero-order chi connectivity index (χ0) is 86.8. The van der Waals surface area contributed by atoms with Gasteiger partial charge in [0.05, 0.1) is 70.5 Å². The molecule has 12 unspecified atom stereocenters. The van der Waals surface area contributed by atoms with Gasteiger partial charge < -0.3 is 175 Å². The molecule has 0 aromatic rings. The summed E-state index contributed by atoms with van der Waals surface area (Å²) >= 11 is 0. The average molecular weight is 1710 g/mol. The highest BCUT2D eigenvalue weighted by molar-refractivity contribution is 5.77. The quantitative estimate of drug-likeness (QED) is 0.0210. The van der Waals surface area contributed by atoms with E-state index in [-0.39, 0.29) is 12.3 Å². The third-order valence-electron chi connectivity index (χ3n) is 22.7. The van der Waals surface area contributed by atoms with E-state index in [1.807, 2.05) is 6.08 Å². The molecule has 118 heavy (non-hydrogen) atoms. The Morgan fingerprint density at radius 3 is 1.33 bits per heavy atom. The third kappa shape index (κ3) is 30.6. The van der Waals surface area contributed by atoms with Crippen LogP contribution in [0.25, 0.3) is 0 Å². The van der Waals surface area contributed by atoms with Crippen LogP contribution in [-0.4, -0.2) is 374 Å². The zero-order valence-electron chi connectivity index (χ0n) is 68.6. The summed E-state index contributed by atoms with van der Waals surface area (Å²) in [6.45, 7) is -0.601. The van der Waals surface area contributed by atoms with Crippen LogP contribution in [0.5, 0.6) is 0 Å². The number of amides is 3. The number of ether oxygens (including phenoxy) is 12. The van der Waals surface area contributed by atoms with E-state index in [9.17, 15) is 121 Å². The molecule has 3 amide bonds. The van der Waals surface area contributed by atoms with Crippen molar-refractivity contribution in [2.75, 3.05) is 46.2 Å². The Morgan fingerprint density at radius 1 is 0.449 bits per heavy atom. The zero-order valence-corrected chi connectivity index (χ0v) is 68.6. The standard InChI is InChI=1S/C79H141N3O36/c1-5-7-9-11-13-15-17-19-20-22-24-26-28-30-32-34-54(93)82-45(46(90)33-31-29-27-25-23-21-18-16-14-12-10-8-6-2)41-107-74-65(102)63(100)68(52(40-87)112-74)114-76-67(104)72(61(98)51(39-86)110-76)117-77-66(103)71(60(97)50(38-85)111-77)116-73-56(81-44(4)89)69(59(96)49(37-84)109-73)115-75-64(101)62(99)58(95)53(113-75)42-108-79(78(105)106)35-47(91)55(80-43(3)88)70(118-79)57(94)48(92)36-83/h31,33,45-53,55-77,83-87,90-92,94-104H,5-30,32,34-42H2,1-4H3,(H,80,88)(H,81,89)(H,82,93)(H,105,106)/b33-31+/t45-,46+,47?,48+,49?,50?,51?,52?,53?,55+,56?,57+,58-,59-,60-,61-,62-,63+,64?,65?,66?,67?,68+,69+,70?,71-,72-,73-,74+,75-,76-,77+,79+/m0/s1. The van der Waals surface area contributed by atoms with Crippen molar-refractivity contribution >= 4 is 23.7 Å². The lowest BCUT2D eigenvalue weighted by molar-refractivity contribution is -0.390. The largest absolute Gasteiger partial charge is 0.477 e. The van der Waals surface area contributed by atoms with Gasteiger partial charge in [-0.1, -0.05) is 180 Å². The summed E-state index contributed by atoms with van der Waals surface area (Å²) in [5, 5.41) is 230. The van der Waals surface area contributed by atoms with Crippen molar-refractivity contribution in [3.63, 3.8) is 0 Å². The second kappa shape index (κ2) is 53.6. The number of carbonyl (C=O) groups is 4. The van der Waals surface area contributed by atoms with Crippen LogP contribution in [0.1, 0.15) is 214 Å². The molecule has 6 fully saturated rings. The number of rotatable bonds is 55. The van der Waals surface area contributed by atoms with E-state index < -0.39 is 272 Å². The highest BCUT2D eigenvalue weighted by Gasteiger charge is 2.60. The van der Waals surface area contributed by atoms with E-state index in [1.54, 1.807) is 6.08 Å². The normalized spacial score (nSPS) is 36.4. The maximum Gasteiger partial charge on any atom is 0.364 e. The summed E-state index contributed by atoms with van der Waals surface area (Å²) in [7, 11) is 0. The Morgan fingerprint density at radius 2 is 0.856 bits per heavy atom. The fourth-order valence-corrected chi connectivity index (χ4v) is 15.7. The molecule has 0 aromatic heterocycles. The lowest BCUT2D eigenvalue weighted by atomic mass is 9.88. The molecule has 6 rings (SSSR count). The number of carboxylic acid groups (broad SMARTS) is 1. The monoisotopic (exact) mass is 1710 g/mol. The Balaban J connectivity index is 1.12. The molecule has 6 heterocycles. The number of nitrogens with one attached hydrogen (secondary N) is 3. The molecule has 0 saturated carbocycles. The Labute approximate surface area is 689 Å². The Hall–Kier alpha value is -3.62. The van der Waals surface area contributed by atoms with Crippen molar-refractivity contribution in [1.82, 2.24) is 16.0 Å². The number of aliphatic hydroxyl groups is 19. The molecular weight excluding hydrogens is 1570 g/mol. The van der Waals surface area contributed by atoms with E-state index in [1.165, 1.54) is 109 Å². The minimum absolute atomic E-state index is 0.160. The minimum atomic E-state index is -3.03. The maximum absolute atomic E-state index is 13.5. The molecule has 6 saturated heterocycles.